The number of alkyl halides is 3. The minimum Gasteiger partial charge on any atom is -0.276 e. The third-order valence-corrected chi connectivity index (χ3v) is 4.94. The number of nitro benzene ring substituents is 1. The molecule has 128 valence electrons. The third kappa shape index (κ3) is 3.92. The molecule has 10 heteroatoms. The third-order valence-electron chi connectivity index (χ3n) is 3.84. The van der Waals surface area contributed by atoms with Gasteiger partial charge in [0.15, 0.2) is 0 Å². The van der Waals surface area contributed by atoms with Crippen LogP contribution in [0.2, 0.25) is 0 Å². The first kappa shape index (κ1) is 17.5. The summed E-state index contributed by atoms with van der Waals surface area (Å²) in [5, 5.41) is 10.9. The summed E-state index contributed by atoms with van der Waals surface area (Å²) < 4.78 is 61.8. The Kier molecular flexibility index (Phi) is 4.83. The Hall–Kier alpha value is -1.84. The maximum atomic E-state index is 12.5. The van der Waals surface area contributed by atoms with Gasteiger partial charge in [-0.1, -0.05) is 19.3 Å². The summed E-state index contributed by atoms with van der Waals surface area (Å²) in [6, 6.07) is 3.16. The molecule has 0 heterocycles. The quantitative estimate of drug-likeness (QED) is 0.657. The first-order chi connectivity index (χ1) is 10.6. The molecule has 2 rings (SSSR count). The first-order valence-electron chi connectivity index (χ1n) is 6.99. The molecule has 0 amide bonds. The topological polar surface area (TPSA) is 89.3 Å². The van der Waals surface area contributed by atoms with Crippen LogP contribution in [0.15, 0.2) is 18.2 Å². The van der Waals surface area contributed by atoms with Gasteiger partial charge in [-0.15, -0.1) is 0 Å². The van der Waals surface area contributed by atoms with E-state index in [-0.39, 0.29) is 22.9 Å². The summed E-state index contributed by atoms with van der Waals surface area (Å²) in [6.45, 7) is 0. The lowest BCUT2D eigenvalue weighted by Gasteiger charge is -2.24. The summed E-state index contributed by atoms with van der Waals surface area (Å²) in [5.74, 6) is -0.199. The van der Waals surface area contributed by atoms with Gasteiger partial charge in [-0.25, -0.2) is 0 Å². The van der Waals surface area contributed by atoms with Gasteiger partial charge in [0.1, 0.15) is 0 Å². The number of nitrogens with zero attached hydrogens (tertiary/aromatic N) is 1. The van der Waals surface area contributed by atoms with Gasteiger partial charge in [0.25, 0.3) is 5.69 Å². The molecule has 23 heavy (non-hydrogen) atoms. The van der Waals surface area contributed by atoms with E-state index in [1.807, 2.05) is 0 Å². The Morgan fingerprint density at radius 1 is 1.17 bits per heavy atom. The van der Waals surface area contributed by atoms with E-state index in [0.717, 1.165) is 37.5 Å². The Bertz CT molecular complexity index is 698. The van der Waals surface area contributed by atoms with Crippen molar-refractivity contribution in [2.45, 2.75) is 43.5 Å². The molecule has 1 N–H and O–H groups in total. The number of sulfonamides is 1. The van der Waals surface area contributed by atoms with Crippen molar-refractivity contribution in [3.05, 3.63) is 33.9 Å². The fraction of sp³-hybridized carbons (Fsp3) is 0.538. The van der Waals surface area contributed by atoms with E-state index in [0.29, 0.717) is 12.8 Å². The van der Waals surface area contributed by atoms with Gasteiger partial charge < -0.3 is 0 Å². The smallest absolute Gasteiger partial charge is 0.276 e. The van der Waals surface area contributed by atoms with Crippen molar-refractivity contribution in [2.24, 2.45) is 0 Å². The van der Waals surface area contributed by atoms with Crippen LogP contribution < -0.4 is 4.72 Å². The van der Waals surface area contributed by atoms with Crippen molar-refractivity contribution in [1.82, 2.24) is 0 Å². The van der Waals surface area contributed by atoms with E-state index in [1.165, 1.54) is 4.72 Å². The highest BCUT2D eigenvalue weighted by Crippen LogP contribution is 2.39. The lowest BCUT2D eigenvalue weighted by atomic mass is 9.83. The maximum absolute atomic E-state index is 12.5. The molecule has 0 aromatic heterocycles. The number of nitro groups is 1. The van der Waals surface area contributed by atoms with E-state index in [4.69, 9.17) is 0 Å². The lowest BCUT2D eigenvalue weighted by molar-refractivity contribution is -0.384. The second kappa shape index (κ2) is 6.34. The molecule has 0 atom stereocenters. The fourth-order valence-electron chi connectivity index (χ4n) is 2.71. The van der Waals surface area contributed by atoms with Crippen LogP contribution in [0, 0.1) is 10.1 Å². The summed E-state index contributed by atoms with van der Waals surface area (Å²) >= 11 is 0. The summed E-state index contributed by atoms with van der Waals surface area (Å²) in [4.78, 5) is 10.2. The largest absolute Gasteiger partial charge is 0.516 e. The molecule has 1 saturated carbocycles. The van der Waals surface area contributed by atoms with Gasteiger partial charge in [-0.3, -0.25) is 14.8 Å². The van der Waals surface area contributed by atoms with Crippen LogP contribution in [0.3, 0.4) is 0 Å². The SMILES string of the molecule is O=[N+]([O-])c1ccc(NS(=O)(=O)C(F)(F)F)c(C2CCCCC2)c1. The Labute approximate surface area is 130 Å². The van der Waals surface area contributed by atoms with Crippen molar-refractivity contribution in [3.63, 3.8) is 0 Å². The van der Waals surface area contributed by atoms with E-state index < -0.39 is 20.5 Å². The maximum Gasteiger partial charge on any atom is 0.516 e. The number of hydrogen-bond donors (Lipinski definition) is 1. The molecule has 0 spiro atoms. The van der Waals surface area contributed by atoms with Gasteiger partial charge in [0.2, 0.25) is 0 Å². The van der Waals surface area contributed by atoms with Gasteiger partial charge in [-0.05, 0) is 30.4 Å². The minimum absolute atomic E-state index is 0.199. The molecule has 1 aliphatic rings. The van der Waals surface area contributed by atoms with Crippen LogP contribution in [-0.2, 0) is 10.0 Å². The van der Waals surface area contributed by atoms with Crippen LogP contribution in [-0.4, -0.2) is 18.8 Å². The van der Waals surface area contributed by atoms with Crippen molar-refractivity contribution < 1.29 is 26.5 Å². The lowest BCUT2D eigenvalue weighted by Crippen LogP contribution is -2.30. The Morgan fingerprint density at radius 3 is 2.30 bits per heavy atom. The normalized spacial score (nSPS) is 17.0. The first-order valence-corrected chi connectivity index (χ1v) is 8.47. The molecule has 1 aliphatic carbocycles. The summed E-state index contributed by atoms with van der Waals surface area (Å²) in [7, 11) is -5.56. The molecule has 1 fully saturated rings. The predicted octanol–water partition coefficient (Wildman–Crippen LogP) is 3.90. The van der Waals surface area contributed by atoms with Crippen LogP contribution in [0.5, 0.6) is 0 Å². The molecule has 6 nitrogen and oxygen atoms in total. The summed E-state index contributed by atoms with van der Waals surface area (Å²) in [6.07, 6.45) is 3.98. The van der Waals surface area contributed by atoms with Crippen LogP contribution >= 0.6 is 0 Å². The average Bonchev–Trinajstić information content (AvgIpc) is 2.46. The minimum atomic E-state index is -5.56. The highest BCUT2D eigenvalue weighted by molar-refractivity contribution is 7.93. The van der Waals surface area contributed by atoms with Gasteiger partial charge in [0.05, 0.1) is 10.6 Å². The number of anilines is 1. The molecule has 0 saturated heterocycles. The molecular weight excluding hydrogens is 337 g/mol. The van der Waals surface area contributed by atoms with Crippen molar-refractivity contribution in [3.8, 4) is 0 Å². The zero-order chi connectivity index (χ0) is 17.3. The van der Waals surface area contributed by atoms with Gasteiger partial charge in [0, 0.05) is 12.1 Å². The Balaban J connectivity index is 2.44. The van der Waals surface area contributed by atoms with E-state index in [2.05, 4.69) is 0 Å². The number of rotatable bonds is 4. The molecule has 0 aliphatic heterocycles. The molecule has 0 unspecified atom stereocenters. The zero-order valence-corrected chi connectivity index (χ0v) is 12.8. The average molecular weight is 352 g/mol. The van der Waals surface area contributed by atoms with Gasteiger partial charge in [-0.2, -0.15) is 21.6 Å². The van der Waals surface area contributed by atoms with Crippen LogP contribution in [0.25, 0.3) is 0 Å². The van der Waals surface area contributed by atoms with E-state index in [9.17, 15) is 31.7 Å². The summed E-state index contributed by atoms with van der Waals surface area (Å²) in [5.41, 5.74) is -5.73. The molecule has 1 aromatic rings. The second-order valence-electron chi connectivity index (χ2n) is 5.41. The predicted molar refractivity (Wildman–Crippen MR) is 77.5 cm³/mol. The number of hydrogen-bond acceptors (Lipinski definition) is 4. The molecule has 0 radical (unpaired) electrons. The molecular formula is C13H15F3N2O4S. The highest BCUT2D eigenvalue weighted by Gasteiger charge is 2.46. The highest BCUT2D eigenvalue weighted by atomic mass is 32.2. The van der Waals surface area contributed by atoms with Gasteiger partial charge >= 0.3 is 15.5 Å². The zero-order valence-electron chi connectivity index (χ0n) is 12.0. The van der Waals surface area contributed by atoms with Crippen molar-refractivity contribution in [1.29, 1.82) is 0 Å². The van der Waals surface area contributed by atoms with Crippen LogP contribution in [0.4, 0.5) is 24.5 Å². The van der Waals surface area contributed by atoms with Crippen LogP contribution in [0.1, 0.15) is 43.6 Å². The van der Waals surface area contributed by atoms with Crippen molar-refractivity contribution >= 4 is 21.4 Å². The number of halogens is 3. The standard InChI is InChI=1S/C13H15F3N2O4S/c14-13(15,16)23(21,22)17-12-7-6-10(18(19)20)8-11(12)9-4-2-1-3-5-9/h6-9,17H,1-5H2. The number of non-ortho nitro benzene ring substituents is 1. The molecule has 1 aromatic carbocycles. The fourth-order valence-corrected chi connectivity index (χ4v) is 3.30. The number of nitrogens with one attached hydrogen (secondary N) is 1. The van der Waals surface area contributed by atoms with Crippen molar-refractivity contribution in [2.75, 3.05) is 4.72 Å². The Morgan fingerprint density at radius 2 is 1.78 bits per heavy atom. The van der Waals surface area contributed by atoms with E-state index in [1.54, 1.807) is 0 Å². The van der Waals surface area contributed by atoms with E-state index >= 15 is 0 Å². The second-order valence-corrected chi connectivity index (χ2v) is 7.09. The monoisotopic (exact) mass is 352 g/mol. The number of benzene rings is 1. The molecule has 0 bridgehead atoms.